The highest BCUT2D eigenvalue weighted by atomic mass is 16.5. The van der Waals surface area contributed by atoms with Gasteiger partial charge in [-0.25, -0.2) is 4.79 Å². The SMILES string of the molecule is COc1cccc2c1CCN(C(=O)Cc1ccccc1C(=O)O)C2. The molecule has 1 aliphatic heterocycles. The van der Waals surface area contributed by atoms with Gasteiger partial charge in [-0.2, -0.15) is 0 Å². The Morgan fingerprint density at radius 1 is 1.17 bits per heavy atom. The van der Waals surface area contributed by atoms with Gasteiger partial charge in [-0.3, -0.25) is 4.79 Å². The molecule has 24 heavy (non-hydrogen) atoms. The van der Waals surface area contributed by atoms with E-state index in [1.165, 1.54) is 6.07 Å². The van der Waals surface area contributed by atoms with E-state index in [9.17, 15) is 14.7 Å². The van der Waals surface area contributed by atoms with Gasteiger partial charge in [0.2, 0.25) is 5.91 Å². The Labute approximate surface area is 140 Å². The minimum atomic E-state index is -1.01. The summed E-state index contributed by atoms with van der Waals surface area (Å²) in [7, 11) is 1.65. The standard InChI is InChI=1S/C19H19NO4/c1-24-17-8-4-6-14-12-20(10-9-15(14)17)18(21)11-13-5-2-3-7-16(13)19(22)23/h2-8H,9-12H2,1H3,(H,22,23). The molecule has 0 atom stereocenters. The summed E-state index contributed by atoms with van der Waals surface area (Å²) >= 11 is 0. The summed E-state index contributed by atoms with van der Waals surface area (Å²) in [5.74, 6) is -0.208. The topological polar surface area (TPSA) is 66.8 Å². The molecule has 0 unspecified atom stereocenters. The van der Waals surface area contributed by atoms with Gasteiger partial charge < -0.3 is 14.7 Å². The summed E-state index contributed by atoms with van der Waals surface area (Å²) in [6.45, 7) is 1.14. The van der Waals surface area contributed by atoms with E-state index in [0.29, 0.717) is 18.7 Å². The molecule has 0 spiro atoms. The molecule has 5 nitrogen and oxygen atoms in total. The molecule has 1 heterocycles. The summed E-state index contributed by atoms with van der Waals surface area (Å²) in [6, 6.07) is 12.5. The fourth-order valence-electron chi connectivity index (χ4n) is 3.14. The lowest BCUT2D eigenvalue weighted by Gasteiger charge is -2.30. The van der Waals surface area contributed by atoms with Crippen molar-refractivity contribution in [3.8, 4) is 5.75 Å². The predicted octanol–water partition coefficient (Wildman–Crippen LogP) is 2.52. The van der Waals surface area contributed by atoms with Crippen molar-refractivity contribution in [3.05, 3.63) is 64.7 Å². The monoisotopic (exact) mass is 325 g/mol. The average Bonchev–Trinajstić information content (AvgIpc) is 2.60. The summed E-state index contributed by atoms with van der Waals surface area (Å²) in [5, 5.41) is 9.24. The van der Waals surface area contributed by atoms with Crippen LogP contribution in [0.3, 0.4) is 0 Å². The molecule has 1 N–H and O–H groups in total. The first-order valence-electron chi connectivity index (χ1n) is 7.84. The quantitative estimate of drug-likeness (QED) is 0.938. The van der Waals surface area contributed by atoms with Crippen LogP contribution in [0.15, 0.2) is 42.5 Å². The highest BCUT2D eigenvalue weighted by molar-refractivity contribution is 5.91. The predicted molar refractivity (Wildman–Crippen MR) is 89.2 cm³/mol. The van der Waals surface area contributed by atoms with E-state index in [1.54, 1.807) is 30.2 Å². The Bertz CT molecular complexity index is 785. The van der Waals surface area contributed by atoms with Crippen LogP contribution in [0.1, 0.15) is 27.0 Å². The van der Waals surface area contributed by atoms with E-state index >= 15 is 0 Å². The van der Waals surface area contributed by atoms with Crippen molar-refractivity contribution in [1.29, 1.82) is 0 Å². The number of benzene rings is 2. The third kappa shape index (κ3) is 3.11. The lowest BCUT2D eigenvalue weighted by molar-refractivity contribution is -0.131. The number of hydrogen-bond acceptors (Lipinski definition) is 3. The largest absolute Gasteiger partial charge is 0.496 e. The number of carbonyl (C=O) groups is 2. The Kier molecular flexibility index (Phi) is 4.51. The average molecular weight is 325 g/mol. The zero-order valence-electron chi connectivity index (χ0n) is 13.5. The number of ether oxygens (including phenoxy) is 1. The highest BCUT2D eigenvalue weighted by Gasteiger charge is 2.24. The third-order valence-corrected chi connectivity index (χ3v) is 4.39. The van der Waals surface area contributed by atoms with Gasteiger partial charge in [-0.15, -0.1) is 0 Å². The van der Waals surface area contributed by atoms with E-state index in [2.05, 4.69) is 0 Å². The summed E-state index contributed by atoms with van der Waals surface area (Å²) in [5.41, 5.74) is 2.96. The number of rotatable bonds is 4. The maximum atomic E-state index is 12.6. The van der Waals surface area contributed by atoms with E-state index in [4.69, 9.17) is 4.74 Å². The zero-order valence-corrected chi connectivity index (χ0v) is 13.5. The number of amides is 1. The number of nitrogens with zero attached hydrogens (tertiary/aromatic N) is 1. The van der Waals surface area contributed by atoms with Crippen molar-refractivity contribution in [2.75, 3.05) is 13.7 Å². The van der Waals surface area contributed by atoms with Crippen molar-refractivity contribution in [2.45, 2.75) is 19.4 Å². The molecule has 0 saturated carbocycles. The number of carboxylic acids is 1. The van der Waals surface area contributed by atoms with Crippen molar-refractivity contribution in [3.63, 3.8) is 0 Å². The lowest BCUT2D eigenvalue weighted by atomic mass is 9.97. The fourth-order valence-corrected chi connectivity index (χ4v) is 3.14. The van der Waals surface area contributed by atoms with Gasteiger partial charge in [-0.05, 0) is 29.7 Å². The second-order valence-electron chi connectivity index (χ2n) is 5.80. The number of methoxy groups -OCH3 is 1. The first kappa shape index (κ1) is 16.1. The molecule has 1 aliphatic rings. The van der Waals surface area contributed by atoms with Crippen LogP contribution in [0.2, 0.25) is 0 Å². The minimum absolute atomic E-state index is 0.0582. The van der Waals surface area contributed by atoms with Gasteiger partial charge in [0.25, 0.3) is 0 Å². The van der Waals surface area contributed by atoms with E-state index in [1.807, 2.05) is 18.2 Å². The maximum Gasteiger partial charge on any atom is 0.335 e. The summed E-state index contributed by atoms with van der Waals surface area (Å²) in [4.78, 5) is 25.7. The number of carbonyl (C=O) groups excluding carboxylic acids is 1. The highest BCUT2D eigenvalue weighted by Crippen LogP contribution is 2.28. The Balaban J connectivity index is 1.77. The molecule has 0 saturated heterocycles. The number of hydrogen-bond donors (Lipinski definition) is 1. The van der Waals surface area contributed by atoms with Gasteiger partial charge >= 0.3 is 5.97 Å². The van der Waals surface area contributed by atoms with Crippen LogP contribution >= 0.6 is 0 Å². The number of fused-ring (bicyclic) bond motifs is 1. The minimum Gasteiger partial charge on any atom is -0.496 e. The Morgan fingerprint density at radius 3 is 2.71 bits per heavy atom. The molecule has 0 fully saturated rings. The third-order valence-electron chi connectivity index (χ3n) is 4.39. The Morgan fingerprint density at radius 2 is 1.96 bits per heavy atom. The number of carboxylic acid groups (broad SMARTS) is 1. The summed E-state index contributed by atoms with van der Waals surface area (Å²) in [6.07, 6.45) is 0.841. The fraction of sp³-hybridized carbons (Fsp3) is 0.263. The van der Waals surface area contributed by atoms with Gasteiger partial charge in [0.15, 0.2) is 0 Å². The first-order chi connectivity index (χ1) is 11.6. The Hall–Kier alpha value is -2.82. The van der Waals surface area contributed by atoms with Crippen molar-refractivity contribution in [1.82, 2.24) is 4.90 Å². The van der Waals surface area contributed by atoms with Crippen molar-refractivity contribution < 1.29 is 19.4 Å². The van der Waals surface area contributed by atoms with Crippen LogP contribution in [0, 0.1) is 0 Å². The molecule has 0 aromatic heterocycles. The maximum absolute atomic E-state index is 12.6. The molecule has 2 aromatic carbocycles. The molecular weight excluding hydrogens is 306 g/mol. The second kappa shape index (κ2) is 6.74. The molecule has 2 aromatic rings. The van der Waals surface area contributed by atoms with Gasteiger partial charge in [0, 0.05) is 18.7 Å². The van der Waals surface area contributed by atoms with Crippen LogP contribution in [0.25, 0.3) is 0 Å². The molecule has 0 bridgehead atoms. The lowest BCUT2D eigenvalue weighted by Crippen LogP contribution is -2.37. The molecule has 5 heteroatoms. The van der Waals surface area contributed by atoms with Crippen LogP contribution in [0.5, 0.6) is 5.75 Å². The van der Waals surface area contributed by atoms with E-state index in [0.717, 1.165) is 23.3 Å². The molecular formula is C19H19NO4. The zero-order chi connectivity index (χ0) is 17.1. The van der Waals surface area contributed by atoms with Crippen LogP contribution in [-0.4, -0.2) is 35.5 Å². The van der Waals surface area contributed by atoms with Gasteiger partial charge in [0.1, 0.15) is 5.75 Å². The van der Waals surface area contributed by atoms with E-state index < -0.39 is 5.97 Å². The van der Waals surface area contributed by atoms with Gasteiger partial charge in [0.05, 0.1) is 19.1 Å². The molecule has 3 rings (SSSR count). The molecule has 1 amide bonds. The van der Waals surface area contributed by atoms with Crippen LogP contribution in [0.4, 0.5) is 0 Å². The molecule has 0 radical (unpaired) electrons. The van der Waals surface area contributed by atoms with Crippen molar-refractivity contribution in [2.24, 2.45) is 0 Å². The van der Waals surface area contributed by atoms with Gasteiger partial charge in [-0.1, -0.05) is 30.3 Å². The summed E-state index contributed by atoms with van der Waals surface area (Å²) < 4.78 is 5.38. The van der Waals surface area contributed by atoms with Crippen molar-refractivity contribution >= 4 is 11.9 Å². The molecule has 124 valence electrons. The molecule has 0 aliphatic carbocycles. The number of aromatic carboxylic acids is 1. The second-order valence-corrected chi connectivity index (χ2v) is 5.80. The van der Waals surface area contributed by atoms with E-state index in [-0.39, 0.29) is 17.9 Å². The van der Waals surface area contributed by atoms with Crippen LogP contribution in [-0.2, 0) is 24.2 Å². The first-order valence-corrected chi connectivity index (χ1v) is 7.84. The smallest absolute Gasteiger partial charge is 0.335 e. The normalized spacial score (nSPS) is 13.3. The van der Waals surface area contributed by atoms with Crippen LogP contribution < -0.4 is 4.74 Å².